The highest BCUT2D eigenvalue weighted by molar-refractivity contribution is 5.94. The number of para-hydroxylation sites is 1. The van der Waals surface area contributed by atoms with E-state index in [1.165, 1.54) is 0 Å². The van der Waals surface area contributed by atoms with E-state index in [9.17, 15) is 4.79 Å². The van der Waals surface area contributed by atoms with Gasteiger partial charge in [0.15, 0.2) is 0 Å². The number of aryl methyl sites for hydroxylation is 1. The van der Waals surface area contributed by atoms with Crippen molar-refractivity contribution in [2.75, 3.05) is 5.32 Å². The maximum absolute atomic E-state index is 12.0. The molecule has 0 saturated heterocycles. The molecule has 2 aromatic rings. The zero-order chi connectivity index (χ0) is 14.4. The fourth-order valence-electron chi connectivity index (χ4n) is 1.73. The third kappa shape index (κ3) is 4.13. The summed E-state index contributed by atoms with van der Waals surface area (Å²) in [4.78, 5) is 20.3. The minimum atomic E-state index is -0.300. The molecule has 1 aromatic carbocycles. The van der Waals surface area contributed by atoms with E-state index in [2.05, 4.69) is 20.6 Å². The molecule has 5 nitrogen and oxygen atoms in total. The van der Waals surface area contributed by atoms with Crippen LogP contribution in [0.4, 0.5) is 5.69 Å². The highest BCUT2D eigenvalue weighted by Gasteiger charge is 2.12. The summed E-state index contributed by atoms with van der Waals surface area (Å²) >= 11 is 0. The molecule has 1 heterocycles. The van der Waals surface area contributed by atoms with Crippen LogP contribution in [0.5, 0.6) is 0 Å². The van der Waals surface area contributed by atoms with Gasteiger partial charge < -0.3 is 10.6 Å². The average molecular weight is 270 g/mol. The maximum Gasteiger partial charge on any atom is 0.241 e. The lowest BCUT2D eigenvalue weighted by Gasteiger charge is -2.13. The Morgan fingerprint density at radius 3 is 2.70 bits per heavy atom. The van der Waals surface area contributed by atoms with Gasteiger partial charge in [0.05, 0.1) is 11.7 Å². The van der Waals surface area contributed by atoms with Crippen molar-refractivity contribution in [3.05, 3.63) is 54.1 Å². The standard InChI is InChI=1S/C15H18N4O/c1-11(15(20)19-13-6-4-3-5-7-13)17-10-14-8-9-16-12(2)18-14/h3-9,11,17H,10H2,1-2H3,(H,19,20). The molecule has 1 amide bonds. The highest BCUT2D eigenvalue weighted by Crippen LogP contribution is 2.05. The number of anilines is 1. The minimum Gasteiger partial charge on any atom is -0.325 e. The Morgan fingerprint density at radius 2 is 2.00 bits per heavy atom. The Labute approximate surface area is 118 Å². The molecule has 20 heavy (non-hydrogen) atoms. The number of benzene rings is 1. The van der Waals surface area contributed by atoms with Gasteiger partial charge in [-0.3, -0.25) is 4.79 Å². The molecule has 5 heteroatoms. The Kier molecular flexibility index (Phi) is 4.79. The molecule has 0 spiro atoms. The summed E-state index contributed by atoms with van der Waals surface area (Å²) in [6, 6.07) is 10.9. The largest absolute Gasteiger partial charge is 0.325 e. The van der Waals surface area contributed by atoms with E-state index in [-0.39, 0.29) is 11.9 Å². The molecule has 0 aliphatic heterocycles. The van der Waals surface area contributed by atoms with E-state index in [1.807, 2.05) is 50.2 Å². The van der Waals surface area contributed by atoms with Crippen molar-refractivity contribution in [2.24, 2.45) is 0 Å². The van der Waals surface area contributed by atoms with Gasteiger partial charge in [0.25, 0.3) is 0 Å². The molecule has 2 N–H and O–H groups in total. The molecule has 1 aromatic heterocycles. The predicted molar refractivity (Wildman–Crippen MR) is 78.1 cm³/mol. The van der Waals surface area contributed by atoms with E-state index in [1.54, 1.807) is 6.20 Å². The van der Waals surface area contributed by atoms with Crippen LogP contribution in [0.15, 0.2) is 42.6 Å². The number of hydrogen-bond donors (Lipinski definition) is 2. The third-order valence-electron chi connectivity index (χ3n) is 2.86. The fourth-order valence-corrected chi connectivity index (χ4v) is 1.73. The number of amides is 1. The Bertz CT molecular complexity index is 571. The van der Waals surface area contributed by atoms with E-state index >= 15 is 0 Å². The van der Waals surface area contributed by atoms with Gasteiger partial charge in [-0.2, -0.15) is 0 Å². The number of carbonyl (C=O) groups excluding carboxylic acids is 1. The quantitative estimate of drug-likeness (QED) is 0.871. The lowest BCUT2D eigenvalue weighted by molar-refractivity contribution is -0.117. The van der Waals surface area contributed by atoms with Gasteiger partial charge in [-0.05, 0) is 32.0 Å². The van der Waals surface area contributed by atoms with E-state index in [4.69, 9.17) is 0 Å². The number of hydrogen-bond acceptors (Lipinski definition) is 4. The topological polar surface area (TPSA) is 66.9 Å². The van der Waals surface area contributed by atoms with Crippen molar-refractivity contribution in [3.8, 4) is 0 Å². The molecule has 0 radical (unpaired) electrons. The van der Waals surface area contributed by atoms with E-state index in [0.29, 0.717) is 6.54 Å². The van der Waals surface area contributed by atoms with Gasteiger partial charge in [-0.1, -0.05) is 18.2 Å². The minimum absolute atomic E-state index is 0.0676. The van der Waals surface area contributed by atoms with Crippen molar-refractivity contribution in [1.29, 1.82) is 0 Å². The zero-order valence-corrected chi connectivity index (χ0v) is 11.6. The average Bonchev–Trinajstić information content (AvgIpc) is 2.46. The number of nitrogens with zero attached hydrogens (tertiary/aromatic N) is 2. The first-order chi connectivity index (χ1) is 9.65. The van der Waals surface area contributed by atoms with Crippen molar-refractivity contribution in [3.63, 3.8) is 0 Å². The molecular formula is C15H18N4O. The number of aromatic nitrogens is 2. The van der Waals surface area contributed by atoms with Crippen LogP contribution in [0, 0.1) is 6.92 Å². The molecule has 0 aliphatic rings. The Balaban J connectivity index is 1.85. The van der Waals surface area contributed by atoms with Gasteiger partial charge in [0, 0.05) is 18.4 Å². The highest BCUT2D eigenvalue weighted by atomic mass is 16.2. The SMILES string of the molecule is Cc1nccc(CNC(C)C(=O)Nc2ccccc2)n1. The summed E-state index contributed by atoms with van der Waals surface area (Å²) in [7, 11) is 0. The monoisotopic (exact) mass is 270 g/mol. The van der Waals surface area contributed by atoms with Crippen LogP contribution in [0.2, 0.25) is 0 Å². The maximum atomic E-state index is 12.0. The number of nitrogens with one attached hydrogen (secondary N) is 2. The van der Waals surface area contributed by atoms with Gasteiger partial charge in [-0.25, -0.2) is 9.97 Å². The lowest BCUT2D eigenvalue weighted by Crippen LogP contribution is -2.37. The third-order valence-corrected chi connectivity index (χ3v) is 2.86. The van der Waals surface area contributed by atoms with Gasteiger partial charge in [-0.15, -0.1) is 0 Å². The first-order valence-corrected chi connectivity index (χ1v) is 6.53. The van der Waals surface area contributed by atoms with E-state index < -0.39 is 0 Å². The first kappa shape index (κ1) is 14.1. The molecule has 2 rings (SSSR count). The number of carbonyl (C=O) groups is 1. The molecule has 0 bridgehead atoms. The zero-order valence-electron chi connectivity index (χ0n) is 11.6. The Hall–Kier alpha value is -2.27. The smallest absolute Gasteiger partial charge is 0.241 e. The molecule has 0 fully saturated rings. The lowest BCUT2D eigenvalue weighted by atomic mass is 10.2. The predicted octanol–water partition coefficient (Wildman–Crippen LogP) is 1.90. The van der Waals surface area contributed by atoms with Crippen molar-refractivity contribution >= 4 is 11.6 Å². The second-order valence-corrected chi connectivity index (χ2v) is 4.55. The normalized spacial score (nSPS) is 11.9. The van der Waals surface area contributed by atoms with Crippen LogP contribution >= 0.6 is 0 Å². The summed E-state index contributed by atoms with van der Waals surface area (Å²) < 4.78 is 0. The van der Waals surface area contributed by atoms with Crippen LogP contribution in [-0.2, 0) is 11.3 Å². The summed E-state index contributed by atoms with van der Waals surface area (Å²) in [5.74, 6) is 0.660. The van der Waals surface area contributed by atoms with Crippen molar-refractivity contribution in [1.82, 2.24) is 15.3 Å². The second-order valence-electron chi connectivity index (χ2n) is 4.55. The molecule has 1 unspecified atom stereocenters. The van der Waals surface area contributed by atoms with E-state index in [0.717, 1.165) is 17.2 Å². The van der Waals surface area contributed by atoms with Crippen LogP contribution in [0.3, 0.4) is 0 Å². The summed E-state index contributed by atoms with van der Waals surface area (Å²) in [5, 5.41) is 6.00. The van der Waals surface area contributed by atoms with Crippen molar-refractivity contribution in [2.45, 2.75) is 26.4 Å². The molecule has 1 atom stereocenters. The van der Waals surface area contributed by atoms with Gasteiger partial charge in [0.2, 0.25) is 5.91 Å². The molecular weight excluding hydrogens is 252 g/mol. The van der Waals surface area contributed by atoms with Crippen LogP contribution in [0.1, 0.15) is 18.4 Å². The second kappa shape index (κ2) is 6.77. The molecule has 104 valence electrons. The van der Waals surface area contributed by atoms with Crippen LogP contribution < -0.4 is 10.6 Å². The summed E-state index contributed by atoms with van der Waals surface area (Å²) in [6.45, 7) is 4.20. The number of rotatable bonds is 5. The van der Waals surface area contributed by atoms with Gasteiger partial charge in [0.1, 0.15) is 5.82 Å². The first-order valence-electron chi connectivity index (χ1n) is 6.53. The summed E-state index contributed by atoms with van der Waals surface area (Å²) in [5.41, 5.74) is 1.67. The van der Waals surface area contributed by atoms with Crippen LogP contribution in [0.25, 0.3) is 0 Å². The summed E-state index contributed by atoms with van der Waals surface area (Å²) in [6.07, 6.45) is 1.72. The van der Waals surface area contributed by atoms with Crippen molar-refractivity contribution < 1.29 is 4.79 Å². The molecule has 0 aliphatic carbocycles. The Morgan fingerprint density at radius 1 is 1.25 bits per heavy atom. The van der Waals surface area contributed by atoms with Crippen LogP contribution in [-0.4, -0.2) is 21.9 Å². The van der Waals surface area contributed by atoms with Gasteiger partial charge >= 0.3 is 0 Å². The molecule has 0 saturated carbocycles. The fraction of sp³-hybridized carbons (Fsp3) is 0.267.